The maximum Gasteiger partial charge on any atom is 0.344 e. The Morgan fingerprint density at radius 3 is 2.75 bits per heavy atom. The number of H-pyrrole nitrogens is 1. The minimum atomic E-state index is -3.37. The van der Waals surface area contributed by atoms with E-state index in [9.17, 15) is 18.0 Å². The van der Waals surface area contributed by atoms with Gasteiger partial charge in [-0.2, -0.15) is 0 Å². The van der Waals surface area contributed by atoms with Crippen LogP contribution in [0.4, 0.5) is 5.69 Å². The number of hydrogen-bond acceptors (Lipinski definition) is 7. The fourth-order valence-electron chi connectivity index (χ4n) is 2.91. The van der Waals surface area contributed by atoms with Crippen molar-refractivity contribution in [2.45, 2.75) is 42.8 Å². The lowest BCUT2D eigenvalue weighted by Crippen LogP contribution is -2.25. The molecule has 1 aliphatic rings. The minimum absolute atomic E-state index is 0.0180. The molecule has 0 bridgehead atoms. The van der Waals surface area contributed by atoms with Crippen molar-refractivity contribution in [3.05, 3.63) is 40.3 Å². The van der Waals surface area contributed by atoms with Gasteiger partial charge in [0, 0.05) is 17.9 Å². The number of ether oxygens (including phenoxy) is 1. The zero-order valence-corrected chi connectivity index (χ0v) is 17.2. The number of nitrogens with one attached hydrogen (secondary N) is 2. The number of thioether (sulfide) groups is 1. The van der Waals surface area contributed by atoms with E-state index in [0.29, 0.717) is 29.6 Å². The van der Waals surface area contributed by atoms with E-state index in [-0.39, 0.29) is 17.6 Å². The van der Waals surface area contributed by atoms with Crippen molar-refractivity contribution >= 4 is 33.3 Å². The molecule has 3 rings (SSSR count). The Labute approximate surface area is 166 Å². The second-order valence-electron chi connectivity index (χ2n) is 6.63. The van der Waals surface area contributed by atoms with Crippen LogP contribution in [0.2, 0.25) is 0 Å². The number of benzene rings is 1. The van der Waals surface area contributed by atoms with Crippen LogP contribution in [0.25, 0.3) is 0 Å². The SMILES string of the molecule is CC(Sc1n[nH]c(=O)n1CC1CCCO1)C(=O)c1ccc(NS(C)(=O)=O)cc1. The highest BCUT2D eigenvalue weighted by Crippen LogP contribution is 2.25. The molecule has 2 unspecified atom stereocenters. The predicted octanol–water partition coefficient (Wildman–Crippen LogP) is 1.49. The second-order valence-corrected chi connectivity index (χ2v) is 9.69. The van der Waals surface area contributed by atoms with Gasteiger partial charge in [-0.3, -0.25) is 14.1 Å². The van der Waals surface area contributed by atoms with Crippen molar-refractivity contribution in [3.63, 3.8) is 0 Å². The molecule has 2 heterocycles. The van der Waals surface area contributed by atoms with Gasteiger partial charge in [0.1, 0.15) is 0 Å². The largest absolute Gasteiger partial charge is 0.376 e. The highest BCUT2D eigenvalue weighted by Gasteiger charge is 2.23. The number of rotatable bonds is 8. The summed E-state index contributed by atoms with van der Waals surface area (Å²) < 4.78 is 32.0. The van der Waals surface area contributed by atoms with Gasteiger partial charge in [0.05, 0.1) is 24.2 Å². The van der Waals surface area contributed by atoms with Crippen molar-refractivity contribution in [1.29, 1.82) is 0 Å². The van der Waals surface area contributed by atoms with E-state index in [0.717, 1.165) is 19.1 Å². The summed E-state index contributed by atoms with van der Waals surface area (Å²) in [6, 6.07) is 6.20. The fourth-order valence-corrected chi connectivity index (χ4v) is 4.42. The van der Waals surface area contributed by atoms with E-state index in [1.54, 1.807) is 19.1 Å². The number of aromatic amines is 1. The normalized spacial score (nSPS) is 18.1. The lowest BCUT2D eigenvalue weighted by atomic mass is 10.1. The van der Waals surface area contributed by atoms with Crippen LogP contribution >= 0.6 is 11.8 Å². The van der Waals surface area contributed by atoms with Gasteiger partial charge in [-0.05, 0) is 44.0 Å². The molecule has 1 fully saturated rings. The molecule has 1 aromatic heterocycles. The third kappa shape index (κ3) is 5.24. The first-order valence-electron chi connectivity index (χ1n) is 8.78. The number of ketones is 1. The van der Waals surface area contributed by atoms with Crippen LogP contribution in [0.15, 0.2) is 34.2 Å². The van der Waals surface area contributed by atoms with E-state index in [4.69, 9.17) is 4.74 Å². The molecule has 0 radical (unpaired) electrons. The number of Topliss-reactive ketones (excluding diaryl/α,β-unsaturated/α-hetero) is 1. The van der Waals surface area contributed by atoms with Crippen LogP contribution in [0.1, 0.15) is 30.1 Å². The van der Waals surface area contributed by atoms with Gasteiger partial charge in [0.2, 0.25) is 10.0 Å². The van der Waals surface area contributed by atoms with Crippen molar-refractivity contribution in [1.82, 2.24) is 14.8 Å². The van der Waals surface area contributed by atoms with Gasteiger partial charge in [-0.25, -0.2) is 18.3 Å². The maximum atomic E-state index is 12.7. The minimum Gasteiger partial charge on any atom is -0.376 e. The molecule has 0 amide bonds. The van der Waals surface area contributed by atoms with E-state index < -0.39 is 15.3 Å². The molecule has 152 valence electrons. The molecule has 28 heavy (non-hydrogen) atoms. The van der Waals surface area contributed by atoms with Gasteiger partial charge in [0.15, 0.2) is 10.9 Å². The Morgan fingerprint density at radius 2 is 2.14 bits per heavy atom. The number of anilines is 1. The first kappa shape index (κ1) is 20.6. The van der Waals surface area contributed by atoms with Crippen LogP contribution in [0.5, 0.6) is 0 Å². The Morgan fingerprint density at radius 1 is 1.43 bits per heavy atom. The first-order valence-corrected chi connectivity index (χ1v) is 11.6. The number of sulfonamides is 1. The first-order chi connectivity index (χ1) is 13.2. The zero-order valence-electron chi connectivity index (χ0n) is 15.5. The number of carbonyl (C=O) groups excluding carboxylic acids is 1. The summed E-state index contributed by atoms with van der Waals surface area (Å²) in [4.78, 5) is 24.7. The van der Waals surface area contributed by atoms with Crippen LogP contribution < -0.4 is 10.4 Å². The van der Waals surface area contributed by atoms with Crippen molar-refractivity contribution in [3.8, 4) is 0 Å². The van der Waals surface area contributed by atoms with Crippen LogP contribution in [0, 0.1) is 0 Å². The van der Waals surface area contributed by atoms with Gasteiger partial charge in [-0.1, -0.05) is 11.8 Å². The molecular formula is C17H22N4O5S2. The van der Waals surface area contributed by atoms with E-state index in [2.05, 4.69) is 14.9 Å². The molecule has 9 nitrogen and oxygen atoms in total. The molecule has 1 saturated heterocycles. The van der Waals surface area contributed by atoms with Gasteiger partial charge in [-0.15, -0.1) is 5.10 Å². The average Bonchev–Trinajstić information content (AvgIpc) is 3.26. The standard InChI is InChI=1S/C17H22N4O5S2/c1-11(15(22)12-5-7-13(8-6-12)20-28(2,24)25)27-17-19-18-16(23)21(17)10-14-4-3-9-26-14/h5-8,11,14,20H,3-4,9-10H2,1-2H3,(H,18,23). The summed E-state index contributed by atoms with van der Waals surface area (Å²) in [6.07, 6.45) is 2.91. The van der Waals surface area contributed by atoms with Gasteiger partial charge < -0.3 is 4.74 Å². The lowest BCUT2D eigenvalue weighted by Gasteiger charge is -2.13. The van der Waals surface area contributed by atoms with Crippen LogP contribution in [-0.2, 0) is 21.3 Å². The molecule has 2 atom stereocenters. The molecule has 1 aromatic carbocycles. The van der Waals surface area contributed by atoms with Crippen LogP contribution in [0.3, 0.4) is 0 Å². The molecule has 2 N–H and O–H groups in total. The Balaban J connectivity index is 1.68. The monoisotopic (exact) mass is 426 g/mol. The lowest BCUT2D eigenvalue weighted by molar-refractivity contribution is 0.0941. The van der Waals surface area contributed by atoms with Crippen molar-refractivity contribution in [2.75, 3.05) is 17.6 Å². The predicted molar refractivity (Wildman–Crippen MR) is 106 cm³/mol. The Bertz CT molecular complexity index is 991. The summed E-state index contributed by atoms with van der Waals surface area (Å²) in [5, 5.41) is 6.42. The highest BCUT2D eigenvalue weighted by atomic mass is 32.2. The van der Waals surface area contributed by atoms with E-state index in [1.165, 1.54) is 28.5 Å². The third-order valence-corrected chi connectivity index (χ3v) is 5.95. The van der Waals surface area contributed by atoms with E-state index in [1.807, 2.05) is 0 Å². The van der Waals surface area contributed by atoms with Crippen molar-refractivity contribution in [2.24, 2.45) is 0 Å². The summed E-state index contributed by atoms with van der Waals surface area (Å²) in [5.41, 5.74) is 0.508. The highest BCUT2D eigenvalue weighted by molar-refractivity contribution is 8.00. The molecular weight excluding hydrogens is 404 g/mol. The average molecular weight is 427 g/mol. The summed E-state index contributed by atoms with van der Waals surface area (Å²) in [6.45, 7) is 2.84. The van der Waals surface area contributed by atoms with Crippen LogP contribution in [-0.4, -0.2) is 53.2 Å². The second kappa shape index (κ2) is 8.50. The quantitative estimate of drug-likeness (QED) is 0.484. The van der Waals surface area contributed by atoms with E-state index >= 15 is 0 Å². The Kier molecular flexibility index (Phi) is 6.26. The van der Waals surface area contributed by atoms with Crippen molar-refractivity contribution < 1.29 is 17.9 Å². The number of carbonyl (C=O) groups is 1. The number of aromatic nitrogens is 3. The number of nitrogens with zero attached hydrogens (tertiary/aromatic N) is 2. The van der Waals surface area contributed by atoms with Gasteiger partial charge in [0.25, 0.3) is 0 Å². The molecule has 0 saturated carbocycles. The molecule has 0 spiro atoms. The molecule has 11 heteroatoms. The molecule has 2 aromatic rings. The topological polar surface area (TPSA) is 123 Å². The number of hydrogen-bond donors (Lipinski definition) is 2. The third-order valence-electron chi connectivity index (χ3n) is 4.26. The summed E-state index contributed by atoms with van der Waals surface area (Å²) >= 11 is 1.20. The smallest absolute Gasteiger partial charge is 0.344 e. The zero-order chi connectivity index (χ0) is 20.3. The fraction of sp³-hybridized carbons (Fsp3) is 0.471. The Hall–Kier alpha value is -2.11. The summed E-state index contributed by atoms with van der Waals surface area (Å²) in [5.74, 6) is -0.143. The molecule has 1 aliphatic heterocycles. The summed E-state index contributed by atoms with van der Waals surface area (Å²) in [7, 11) is -3.37. The maximum absolute atomic E-state index is 12.7. The van der Waals surface area contributed by atoms with Gasteiger partial charge >= 0.3 is 5.69 Å². The molecule has 0 aliphatic carbocycles.